The van der Waals surface area contributed by atoms with Crippen LogP contribution in [-0.4, -0.2) is 12.2 Å². The molecule has 104 valence electrons. The van der Waals surface area contributed by atoms with Gasteiger partial charge in [-0.2, -0.15) is 0 Å². The molecule has 1 unspecified atom stereocenters. The molecule has 1 atom stereocenters. The second-order valence-electron chi connectivity index (χ2n) is 5.55. The summed E-state index contributed by atoms with van der Waals surface area (Å²) in [5.41, 5.74) is 0.234. The summed E-state index contributed by atoms with van der Waals surface area (Å²) in [4.78, 5) is 0. The van der Waals surface area contributed by atoms with Gasteiger partial charge in [0, 0.05) is 11.0 Å². The lowest BCUT2D eigenvalue weighted by molar-refractivity contribution is -0.0293. The third-order valence-electron chi connectivity index (χ3n) is 3.75. The lowest BCUT2D eigenvalue weighted by Gasteiger charge is -2.41. The maximum atomic E-state index is 11.1. The van der Waals surface area contributed by atoms with Crippen molar-refractivity contribution in [1.29, 1.82) is 0 Å². The predicted octanol–water partition coefficient (Wildman–Crippen LogP) is 3.98. The van der Waals surface area contributed by atoms with Crippen molar-refractivity contribution in [3.63, 3.8) is 0 Å². The number of methoxy groups -OCH3 is 1. The molecule has 0 saturated carbocycles. The number of allylic oxidation sites excluding steroid dienone is 1. The van der Waals surface area contributed by atoms with Gasteiger partial charge in [-0.1, -0.05) is 44.2 Å². The van der Waals surface area contributed by atoms with E-state index in [0.29, 0.717) is 12.2 Å². The number of hydrogen-bond acceptors (Lipinski definition) is 2. The fraction of sp³-hybridized carbons (Fsp3) is 0.412. The minimum atomic E-state index is -1.17. The maximum Gasteiger partial charge on any atom is 0.125 e. The molecule has 1 N–H and O–H groups in total. The molecule has 0 aliphatic rings. The Hall–Kier alpha value is -1.54. The molecule has 2 nitrogen and oxygen atoms in total. The highest BCUT2D eigenvalue weighted by molar-refractivity contribution is 5.44. The number of rotatable bonds is 6. The van der Waals surface area contributed by atoms with Crippen LogP contribution in [0, 0.1) is 12.3 Å². The first-order valence-electron chi connectivity index (χ1n) is 6.44. The Kier molecular flexibility index (Phi) is 4.59. The molecule has 1 aromatic rings. The van der Waals surface area contributed by atoms with E-state index >= 15 is 0 Å². The van der Waals surface area contributed by atoms with Crippen molar-refractivity contribution in [2.45, 2.75) is 32.8 Å². The van der Waals surface area contributed by atoms with E-state index in [2.05, 4.69) is 13.2 Å². The Morgan fingerprint density at radius 1 is 1.32 bits per heavy atom. The Morgan fingerprint density at radius 3 is 2.42 bits per heavy atom. The van der Waals surface area contributed by atoms with Gasteiger partial charge in [0.15, 0.2) is 0 Å². The second kappa shape index (κ2) is 5.62. The van der Waals surface area contributed by atoms with Gasteiger partial charge in [0.05, 0.1) is 7.11 Å². The molecular weight excluding hydrogens is 236 g/mol. The minimum Gasteiger partial charge on any atom is -0.496 e. The number of benzene rings is 1. The van der Waals surface area contributed by atoms with Crippen LogP contribution in [0.25, 0.3) is 0 Å². The fourth-order valence-electron chi connectivity index (χ4n) is 2.39. The SMILES string of the molecule is C=CCC(C)(C)C(O)(C=C)c1cc(C)ccc1OC. The average Bonchev–Trinajstić information content (AvgIpc) is 2.37. The zero-order valence-electron chi connectivity index (χ0n) is 12.4. The van der Waals surface area contributed by atoms with Crippen molar-refractivity contribution >= 4 is 0 Å². The lowest BCUT2D eigenvalue weighted by atomic mass is 9.68. The molecule has 0 aromatic heterocycles. The Bertz CT molecular complexity index is 474. The highest BCUT2D eigenvalue weighted by Gasteiger charge is 2.43. The molecule has 0 aliphatic carbocycles. The highest BCUT2D eigenvalue weighted by atomic mass is 16.5. The lowest BCUT2D eigenvalue weighted by Crippen LogP contribution is -2.40. The van der Waals surface area contributed by atoms with Crippen LogP contribution in [0.4, 0.5) is 0 Å². The van der Waals surface area contributed by atoms with Gasteiger partial charge in [-0.3, -0.25) is 0 Å². The van der Waals surface area contributed by atoms with E-state index in [1.807, 2.05) is 45.0 Å². The molecule has 0 radical (unpaired) electrons. The average molecular weight is 260 g/mol. The van der Waals surface area contributed by atoms with Crippen LogP contribution in [0.1, 0.15) is 31.4 Å². The van der Waals surface area contributed by atoms with Crippen molar-refractivity contribution in [2.75, 3.05) is 7.11 Å². The molecule has 0 bridgehead atoms. The second-order valence-corrected chi connectivity index (χ2v) is 5.55. The standard InChI is InChI=1S/C17H24O2/c1-7-11-16(4,5)17(18,8-2)14-12-13(3)9-10-15(14)19-6/h7-10,12,18H,1-2,11H2,3-6H3. The van der Waals surface area contributed by atoms with E-state index in [1.54, 1.807) is 13.2 Å². The van der Waals surface area contributed by atoms with E-state index in [1.165, 1.54) is 0 Å². The van der Waals surface area contributed by atoms with Crippen molar-refractivity contribution in [3.05, 3.63) is 54.6 Å². The molecule has 0 heterocycles. The molecule has 1 aromatic carbocycles. The van der Waals surface area contributed by atoms with Crippen LogP contribution in [0.2, 0.25) is 0 Å². The van der Waals surface area contributed by atoms with Crippen LogP contribution in [0.5, 0.6) is 5.75 Å². The summed E-state index contributed by atoms with van der Waals surface area (Å²) in [7, 11) is 1.61. The Balaban J connectivity index is 3.48. The summed E-state index contributed by atoms with van der Waals surface area (Å²) < 4.78 is 5.39. The van der Waals surface area contributed by atoms with E-state index in [9.17, 15) is 5.11 Å². The zero-order chi connectivity index (χ0) is 14.7. The molecule has 0 amide bonds. The summed E-state index contributed by atoms with van der Waals surface area (Å²) >= 11 is 0. The monoisotopic (exact) mass is 260 g/mol. The van der Waals surface area contributed by atoms with Crippen LogP contribution in [0.3, 0.4) is 0 Å². The van der Waals surface area contributed by atoms with E-state index in [0.717, 1.165) is 11.1 Å². The van der Waals surface area contributed by atoms with Gasteiger partial charge in [-0.15, -0.1) is 6.58 Å². The summed E-state index contributed by atoms with van der Waals surface area (Å²) in [5.74, 6) is 0.671. The molecule has 1 rings (SSSR count). The van der Waals surface area contributed by atoms with Crippen LogP contribution in [0.15, 0.2) is 43.5 Å². The number of ether oxygens (including phenoxy) is 1. The molecule has 0 aliphatic heterocycles. The highest BCUT2D eigenvalue weighted by Crippen LogP contribution is 2.46. The Morgan fingerprint density at radius 2 is 1.95 bits per heavy atom. The van der Waals surface area contributed by atoms with Gasteiger partial charge in [0.1, 0.15) is 11.4 Å². The largest absolute Gasteiger partial charge is 0.496 e. The zero-order valence-corrected chi connectivity index (χ0v) is 12.4. The third kappa shape index (κ3) is 2.74. The molecule has 0 fully saturated rings. The number of aliphatic hydroxyl groups is 1. The number of aryl methyl sites for hydroxylation is 1. The quantitative estimate of drug-likeness (QED) is 0.784. The van der Waals surface area contributed by atoms with E-state index in [4.69, 9.17) is 4.74 Å². The van der Waals surface area contributed by atoms with Crippen molar-refractivity contribution < 1.29 is 9.84 Å². The van der Waals surface area contributed by atoms with Crippen molar-refractivity contribution in [1.82, 2.24) is 0 Å². The number of hydrogen-bond donors (Lipinski definition) is 1. The minimum absolute atomic E-state index is 0.419. The van der Waals surface area contributed by atoms with Gasteiger partial charge in [0.25, 0.3) is 0 Å². The van der Waals surface area contributed by atoms with Crippen LogP contribution >= 0.6 is 0 Å². The van der Waals surface area contributed by atoms with Crippen molar-refractivity contribution in [3.8, 4) is 5.75 Å². The molecule has 2 heteroatoms. The fourth-order valence-corrected chi connectivity index (χ4v) is 2.39. The summed E-state index contributed by atoms with van der Waals surface area (Å²) in [6.07, 6.45) is 4.08. The smallest absolute Gasteiger partial charge is 0.125 e. The van der Waals surface area contributed by atoms with E-state index in [-0.39, 0.29) is 0 Å². The van der Waals surface area contributed by atoms with Gasteiger partial charge in [-0.05, 0) is 25.5 Å². The summed E-state index contributed by atoms with van der Waals surface area (Å²) in [6, 6.07) is 5.79. The van der Waals surface area contributed by atoms with Gasteiger partial charge >= 0.3 is 0 Å². The van der Waals surface area contributed by atoms with Gasteiger partial charge < -0.3 is 9.84 Å². The van der Waals surface area contributed by atoms with Gasteiger partial charge in [0.2, 0.25) is 0 Å². The van der Waals surface area contributed by atoms with Crippen LogP contribution in [-0.2, 0) is 5.60 Å². The normalized spacial score (nSPS) is 14.6. The molecular formula is C17H24O2. The molecule has 19 heavy (non-hydrogen) atoms. The molecule has 0 spiro atoms. The summed E-state index contributed by atoms with van der Waals surface area (Å²) in [6.45, 7) is 13.6. The van der Waals surface area contributed by atoms with Crippen molar-refractivity contribution in [2.24, 2.45) is 5.41 Å². The first-order chi connectivity index (χ1) is 8.82. The molecule has 0 saturated heterocycles. The first-order valence-corrected chi connectivity index (χ1v) is 6.44. The topological polar surface area (TPSA) is 29.5 Å². The third-order valence-corrected chi connectivity index (χ3v) is 3.75. The van der Waals surface area contributed by atoms with Gasteiger partial charge in [-0.25, -0.2) is 0 Å². The van der Waals surface area contributed by atoms with E-state index < -0.39 is 11.0 Å². The maximum absolute atomic E-state index is 11.1. The van der Waals surface area contributed by atoms with Crippen LogP contribution < -0.4 is 4.74 Å². The first kappa shape index (κ1) is 15.5. The Labute approximate surface area is 116 Å². The predicted molar refractivity (Wildman–Crippen MR) is 80.4 cm³/mol. The summed E-state index contributed by atoms with van der Waals surface area (Å²) in [5, 5.41) is 11.1.